The number of rotatable bonds is 16. The van der Waals surface area contributed by atoms with Crippen molar-refractivity contribution < 1.29 is 26.4 Å². The standard InChI is InChI=1S/C38H38N4O6S2/c43-37(31-21-25-39-26-22-31)42-35(28-29-12-3-1-4-13-29)38(44)41-32(23-27-49(45,46)33-17-5-2-6-18-33)16-9-10-24-40-50(47,48)36-20-11-15-30-14-7-8-19-34(30)36/h1-8,11-15,17-23,25-27,32,35,40H,9-10,16,24,28H2,(H,41,44)(H,42,43)/b27-23+/t32-,35-/m0/s1. The van der Waals surface area contributed by atoms with Gasteiger partial charge >= 0.3 is 0 Å². The van der Waals surface area contributed by atoms with Crippen LogP contribution in [0.5, 0.6) is 0 Å². The Kier molecular flexibility index (Phi) is 12.3. The number of amides is 2. The Morgan fingerprint density at radius 1 is 0.720 bits per heavy atom. The fourth-order valence-corrected chi connectivity index (χ4v) is 7.79. The Morgan fingerprint density at radius 2 is 1.38 bits per heavy atom. The molecule has 0 aliphatic carbocycles. The minimum Gasteiger partial charge on any atom is -0.348 e. The number of pyridine rings is 1. The maximum absolute atomic E-state index is 13.8. The minimum absolute atomic E-state index is 0.107. The Bertz CT molecular complexity index is 2140. The summed E-state index contributed by atoms with van der Waals surface area (Å²) in [4.78, 5) is 31.1. The number of unbranched alkanes of at least 4 members (excludes halogenated alkanes) is 1. The Balaban J connectivity index is 1.29. The molecule has 5 aromatic rings. The average molecular weight is 711 g/mol. The van der Waals surface area contributed by atoms with Gasteiger partial charge in [-0.3, -0.25) is 14.6 Å². The van der Waals surface area contributed by atoms with Crippen LogP contribution in [0.15, 0.2) is 149 Å². The van der Waals surface area contributed by atoms with E-state index >= 15 is 0 Å². The lowest BCUT2D eigenvalue weighted by atomic mass is 10.0. The highest BCUT2D eigenvalue weighted by Crippen LogP contribution is 2.22. The van der Waals surface area contributed by atoms with Crippen molar-refractivity contribution >= 4 is 42.4 Å². The van der Waals surface area contributed by atoms with Crippen molar-refractivity contribution in [2.24, 2.45) is 0 Å². The zero-order chi connectivity index (χ0) is 35.4. The van der Waals surface area contributed by atoms with E-state index in [2.05, 4.69) is 20.3 Å². The van der Waals surface area contributed by atoms with Crippen molar-refractivity contribution in [1.82, 2.24) is 20.3 Å². The zero-order valence-corrected chi connectivity index (χ0v) is 28.8. The average Bonchev–Trinajstić information content (AvgIpc) is 3.14. The second-order valence-electron chi connectivity index (χ2n) is 11.6. The van der Waals surface area contributed by atoms with Crippen LogP contribution >= 0.6 is 0 Å². The van der Waals surface area contributed by atoms with Crippen LogP contribution < -0.4 is 15.4 Å². The van der Waals surface area contributed by atoms with Gasteiger partial charge in [0.1, 0.15) is 6.04 Å². The number of hydrogen-bond donors (Lipinski definition) is 3. The highest BCUT2D eigenvalue weighted by atomic mass is 32.2. The second kappa shape index (κ2) is 17.0. The number of hydrogen-bond acceptors (Lipinski definition) is 7. The third-order valence-corrected chi connectivity index (χ3v) is 11.0. The van der Waals surface area contributed by atoms with Crippen LogP contribution in [0.4, 0.5) is 0 Å². The summed E-state index contributed by atoms with van der Waals surface area (Å²) in [5.41, 5.74) is 1.15. The summed E-state index contributed by atoms with van der Waals surface area (Å²) in [7, 11) is -7.62. The smallest absolute Gasteiger partial charge is 0.252 e. The maximum Gasteiger partial charge on any atom is 0.252 e. The molecule has 0 unspecified atom stereocenters. The quantitative estimate of drug-likeness (QED) is 0.119. The predicted molar refractivity (Wildman–Crippen MR) is 193 cm³/mol. The van der Waals surface area contributed by atoms with Crippen molar-refractivity contribution in [3.05, 3.63) is 150 Å². The van der Waals surface area contributed by atoms with E-state index in [1.165, 1.54) is 30.6 Å². The van der Waals surface area contributed by atoms with Crippen LogP contribution in [-0.4, -0.2) is 52.3 Å². The van der Waals surface area contributed by atoms with Gasteiger partial charge in [0.15, 0.2) is 9.84 Å². The Hall–Kier alpha value is -5.17. The molecule has 4 aromatic carbocycles. The molecule has 258 valence electrons. The molecule has 0 saturated heterocycles. The molecular formula is C38H38N4O6S2. The number of benzene rings is 4. The van der Waals surface area contributed by atoms with E-state index < -0.39 is 43.8 Å². The van der Waals surface area contributed by atoms with Gasteiger partial charge in [0.2, 0.25) is 15.9 Å². The number of nitrogens with one attached hydrogen (secondary N) is 3. The summed E-state index contributed by atoms with van der Waals surface area (Å²) in [6, 6.07) is 30.9. The first kappa shape index (κ1) is 36.1. The van der Waals surface area contributed by atoms with Crippen molar-refractivity contribution in [3.63, 3.8) is 0 Å². The maximum atomic E-state index is 13.8. The van der Waals surface area contributed by atoms with Gasteiger partial charge in [0.05, 0.1) is 9.79 Å². The van der Waals surface area contributed by atoms with Crippen molar-refractivity contribution in [2.75, 3.05) is 6.54 Å². The van der Waals surface area contributed by atoms with Crippen molar-refractivity contribution in [1.29, 1.82) is 0 Å². The molecule has 0 saturated carbocycles. The molecular weight excluding hydrogens is 673 g/mol. The lowest BCUT2D eigenvalue weighted by molar-refractivity contribution is -0.123. The van der Waals surface area contributed by atoms with E-state index in [1.54, 1.807) is 54.6 Å². The molecule has 1 heterocycles. The van der Waals surface area contributed by atoms with Crippen molar-refractivity contribution in [2.45, 2.75) is 47.6 Å². The molecule has 5 rings (SSSR count). The fraction of sp³-hybridized carbons (Fsp3) is 0.184. The van der Waals surface area contributed by atoms with Crippen LogP contribution in [0.3, 0.4) is 0 Å². The molecule has 3 N–H and O–H groups in total. The molecule has 1 aromatic heterocycles. The van der Waals surface area contributed by atoms with Crippen LogP contribution in [0.2, 0.25) is 0 Å². The third kappa shape index (κ3) is 9.94. The number of sulfonamides is 1. The summed E-state index contributed by atoms with van der Waals surface area (Å²) >= 11 is 0. The molecule has 12 heteroatoms. The molecule has 0 aliphatic rings. The monoisotopic (exact) mass is 710 g/mol. The zero-order valence-electron chi connectivity index (χ0n) is 27.2. The molecule has 0 aliphatic heterocycles. The van der Waals surface area contributed by atoms with Gasteiger partial charge in [-0.1, -0.05) is 91.0 Å². The summed E-state index contributed by atoms with van der Waals surface area (Å²) in [6.07, 6.45) is 5.75. The molecule has 2 atom stereocenters. The normalized spacial score (nSPS) is 13.1. The van der Waals surface area contributed by atoms with Crippen LogP contribution in [-0.2, 0) is 31.1 Å². The summed E-state index contributed by atoms with van der Waals surface area (Å²) in [5, 5.41) is 8.23. The van der Waals surface area contributed by atoms with E-state index in [0.717, 1.165) is 16.4 Å². The van der Waals surface area contributed by atoms with Crippen LogP contribution in [0.1, 0.15) is 35.2 Å². The SMILES string of the molecule is O=C(N[C@@H](Cc1ccccc1)C(=O)N[C@H](/C=C/S(=O)(=O)c1ccccc1)CCCCNS(=O)(=O)c1cccc2ccccc12)c1ccncc1. The predicted octanol–water partition coefficient (Wildman–Crippen LogP) is 5.20. The Morgan fingerprint density at radius 3 is 2.12 bits per heavy atom. The van der Waals surface area contributed by atoms with E-state index in [0.29, 0.717) is 30.2 Å². The lowest BCUT2D eigenvalue weighted by Gasteiger charge is -2.22. The van der Waals surface area contributed by atoms with Gasteiger partial charge in [-0.25, -0.2) is 21.6 Å². The minimum atomic E-state index is -3.82. The topological polar surface area (TPSA) is 151 Å². The van der Waals surface area contributed by atoms with Crippen molar-refractivity contribution in [3.8, 4) is 0 Å². The number of aromatic nitrogens is 1. The van der Waals surface area contributed by atoms with Gasteiger partial charge in [0, 0.05) is 47.8 Å². The summed E-state index contributed by atoms with van der Waals surface area (Å²) in [6.45, 7) is 0.136. The van der Waals surface area contributed by atoms with Crippen LogP contribution in [0, 0.1) is 0 Å². The third-order valence-electron chi connectivity index (χ3n) is 8.01. The highest BCUT2D eigenvalue weighted by molar-refractivity contribution is 7.94. The molecule has 0 spiro atoms. The van der Waals surface area contributed by atoms with E-state index in [4.69, 9.17) is 0 Å². The molecule has 50 heavy (non-hydrogen) atoms. The van der Waals surface area contributed by atoms with Gasteiger partial charge in [-0.05, 0) is 60.5 Å². The van der Waals surface area contributed by atoms with Gasteiger partial charge in [-0.15, -0.1) is 0 Å². The largest absolute Gasteiger partial charge is 0.348 e. The first-order valence-corrected chi connectivity index (χ1v) is 19.2. The van der Waals surface area contributed by atoms with Gasteiger partial charge in [0.25, 0.3) is 5.91 Å². The lowest BCUT2D eigenvalue weighted by Crippen LogP contribution is -2.50. The first-order valence-electron chi connectivity index (χ1n) is 16.1. The number of carbonyl (C=O) groups excluding carboxylic acids is 2. The number of fused-ring (bicyclic) bond motifs is 1. The molecule has 2 amide bonds. The number of nitrogens with zero attached hydrogens (tertiary/aromatic N) is 1. The Labute approximate surface area is 292 Å². The van der Waals surface area contributed by atoms with Crippen LogP contribution in [0.25, 0.3) is 10.8 Å². The van der Waals surface area contributed by atoms with E-state index in [9.17, 15) is 26.4 Å². The fourth-order valence-electron chi connectivity index (χ4n) is 5.39. The number of carbonyl (C=O) groups is 2. The molecule has 0 radical (unpaired) electrons. The van der Waals surface area contributed by atoms with Gasteiger partial charge < -0.3 is 10.6 Å². The first-order chi connectivity index (χ1) is 24.1. The molecule has 10 nitrogen and oxygen atoms in total. The number of sulfone groups is 1. The summed E-state index contributed by atoms with van der Waals surface area (Å²) in [5.74, 6) is -0.958. The van der Waals surface area contributed by atoms with E-state index in [1.807, 2.05) is 48.5 Å². The summed E-state index contributed by atoms with van der Waals surface area (Å²) < 4.78 is 55.1. The highest BCUT2D eigenvalue weighted by Gasteiger charge is 2.24. The molecule has 0 fully saturated rings. The van der Waals surface area contributed by atoms with E-state index in [-0.39, 0.29) is 22.8 Å². The molecule has 0 bridgehead atoms. The second-order valence-corrected chi connectivity index (χ2v) is 15.2. The van der Waals surface area contributed by atoms with Gasteiger partial charge in [-0.2, -0.15) is 0 Å².